The van der Waals surface area contributed by atoms with Crippen LogP contribution in [0, 0.1) is 5.41 Å². The van der Waals surface area contributed by atoms with Gasteiger partial charge in [0.25, 0.3) is 0 Å². The summed E-state index contributed by atoms with van der Waals surface area (Å²) >= 11 is 0. The number of piperazine rings is 1. The number of aliphatic hydroxyl groups is 1. The predicted molar refractivity (Wildman–Crippen MR) is 75.8 cm³/mol. The number of likely N-dealkylation sites (N-methyl/N-ethyl adjacent to an activating group) is 1. The van der Waals surface area contributed by atoms with Crippen LogP contribution in [0.4, 0.5) is 0 Å². The number of allylic oxidation sites excluding steroid dienone is 1. The molecule has 1 amide bonds. The minimum Gasteiger partial charge on any atom is -0.389 e. The monoisotopic (exact) mass is 266 g/mol. The molecule has 1 heterocycles. The highest BCUT2D eigenvalue weighted by Gasteiger charge is 2.30. The van der Waals surface area contributed by atoms with Crippen LogP contribution in [0.2, 0.25) is 0 Å². The highest BCUT2D eigenvalue weighted by Crippen LogP contribution is 2.33. The smallest absolute Gasteiger partial charge is 0.236 e. The maximum atomic E-state index is 11.8. The van der Waals surface area contributed by atoms with Gasteiger partial charge in [0, 0.05) is 26.7 Å². The molecule has 1 saturated heterocycles. The minimum atomic E-state index is -0.297. The number of hydrogen-bond donors (Lipinski definition) is 1. The molecular formula is C15H26N2O2. The molecule has 1 N–H and O–H groups in total. The molecule has 0 spiro atoms. The third-order valence-corrected chi connectivity index (χ3v) is 4.46. The van der Waals surface area contributed by atoms with Gasteiger partial charge < -0.3 is 10.0 Å². The lowest BCUT2D eigenvalue weighted by atomic mass is 9.78. The Hall–Kier alpha value is -0.870. The van der Waals surface area contributed by atoms with E-state index in [2.05, 4.69) is 17.9 Å². The van der Waals surface area contributed by atoms with Gasteiger partial charge in [0.05, 0.1) is 12.6 Å². The van der Waals surface area contributed by atoms with Crippen molar-refractivity contribution >= 4 is 5.91 Å². The summed E-state index contributed by atoms with van der Waals surface area (Å²) in [5, 5.41) is 9.77. The minimum absolute atomic E-state index is 0.210. The third kappa shape index (κ3) is 4.05. The second-order valence-electron chi connectivity index (χ2n) is 6.41. The van der Waals surface area contributed by atoms with Crippen LogP contribution in [-0.4, -0.2) is 60.1 Å². The fourth-order valence-corrected chi connectivity index (χ4v) is 3.04. The molecule has 2 atom stereocenters. The largest absolute Gasteiger partial charge is 0.389 e. The molecule has 0 bridgehead atoms. The summed E-state index contributed by atoms with van der Waals surface area (Å²) in [5.41, 5.74) is 0.210. The molecule has 1 aliphatic carbocycles. The lowest BCUT2D eigenvalue weighted by Gasteiger charge is -2.39. The Labute approximate surface area is 116 Å². The second kappa shape index (κ2) is 6.06. The van der Waals surface area contributed by atoms with Crippen molar-refractivity contribution in [2.75, 3.05) is 33.2 Å². The first-order chi connectivity index (χ1) is 8.98. The quantitative estimate of drug-likeness (QED) is 0.765. The van der Waals surface area contributed by atoms with Crippen molar-refractivity contribution in [2.45, 2.75) is 38.7 Å². The summed E-state index contributed by atoms with van der Waals surface area (Å²) in [5.74, 6) is 0.223. The molecule has 1 aliphatic heterocycles. The number of carbonyl (C=O) groups excluding carboxylic acids is 1. The summed E-state index contributed by atoms with van der Waals surface area (Å²) in [7, 11) is 1.87. The molecule has 19 heavy (non-hydrogen) atoms. The Kier molecular flexibility index (Phi) is 4.63. The summed E-state index contributed by atoms with van der Waals surface area (Å²) in [4.78, 5) is 15.8. The topological polar surface area (TPSA) is 43.8 Å². The Bertz CT molecular complexity index is 356. The summed E-state index contributed by atoms with van der Waals surface area (Å²) in [6.07, 6.45) is 7.73. The molecular weight excluding hydrogens is 240 g/mol. The van der Waals surface area contributed by atoms with Crippen molar-refractivity contribution in [3.05, 3.63) is 12.2 Å². The molecule has 1 fully saturated rings. The fraction of sp³-hybridized carbons (Fsp3) is 0.800. The van der Waals surface area contributed by atoms with Crippen LogP contribution in [-0.2, 0) is 4.79 Å². The highest BCUT2D eigenvalue weighted by atomic mass is 16.3. The average molecular weight is 266 g/mol. The predicted octanol–water partition coefficient (Wildman–Crippen LogP) is 1.26. The second-order valence-corrected chi connectivity index (χ2v) is 6.41. The number of aliphatic hydroxyl groups excluding tert-OH is 1. The van der Waals surface area contributed by atoms with E-state index in [0.29, 0.717) is 6.54 Å². The number of rotatable bonds is 2. The highest BCUT2D eigenvalue weighted by molar-refractivity contribution is 5.78. The summed E-state index contributed by atoms with van der Waals surface area (Å²) < 4.78 is 0. The van der Waals surface area contributed by atoms with E-state index in [1.54, 1.807) is 0 Å². The number of carbonyl (C=O) groups is 1. The van der Waals surface area contributed by atoms with Gasteiger partial charge in [-0.15, -0.1) is 0 Å². The van der Waals surface area contributed by atoms with Gasteiger partial charge in [-0.3, -0.25) is 9.69 Å². The molecule has 0 aromatic carbocycles. The van der Waals surface area contributed by atoms with Crippen molar-refractivity contribution in [3.8, 4) is 0 Å². The summed E-state index contributed by atoms with van der Waals surface area (Å²) in [6, 6.07) is 0. The molecule has 0 radical (unpaired) electrons. The molecule has 0 aromatic heterocycles. The molecule has 4 heteroatoms. The number of hydrogen-bond acceptors (Lipinski definition) is 3. The number of nitrogens with zero attached hydrogens (tertiary/aromatic N) is 2. The van der Waals surface area contributed by atoms with Crippen molar-refractivity contribution in [1.29, 1.82) is 0 Å². The maximum absolute atomic E-state index is 11.8. The van der Waals surface area contributed by atoms with Crippen molar-refractivity contribution in [1.82, 2.24) is 9.80 Å². The fourth-order valence-electron chi connectivity index (χ4n) is 3.04. The molecule has 4 nitrogen and oxygen atoms in total. The zero-order valence-electron chi connectivity index (χ0n) is 12.1. The SMILES string of the molecule is CN1CCN(CC2(C)CC/C=C\C(O)CC2)CC1=O. The van der Waals surface area contributed by atoms with E-state index in [4.69, 9.17) is 0 Å². The lowest BCUT2D eigenvalue weighted by Crippen LogP contribution is -2.51. The first-order valence-electron chi connectivity index (χ1n) is 7.30. The number of amides is 1. The molecule has 108 valence electrons. The Morgan fingerprint density at radius 2 is 2.21 bits per heavy atom. The van der Waals surface area contributed by atoms with Crippen molar-refractivity contribution < 1.29 is 9.90 Å². The zero-order chi connectivity index (χ0) is 13.9. The van der Waals surface area contributed by atoms with E-state index in [-0.39, 0.29) is 17.4 Å². The van der Waals surface area contributed by atoms with Gasteiger partial charge in [-0.25, -0.2) is 0 Å². The van der Waals surface area contributed by atoms with E-state index < -0.39 is 0 Å². The molecule has 0 aromatic rings. The lowest BCUT2D eigenvalue weighted by molar-refractivity contribution is -0.135. The van der Waals surface area contributed by atoms with Crippen LogP contribution in [0.25, 0.3) is 0 Å². The van der Waals surface area contributed by atoms with E-state index in [0.717, 1.165) is 45.3 Å². The van der Waals surface area contributed by atoms with Gasteiger partial charge in [0.15, 0.2) is 0 Å². The Morgan fingerprint density at radius 1 is 1.42 bits per heavy atom. The van der Waals surface area contributed by atoms with Crippen LogP contribution in [0.3, 0.4) is 0 Å². The van der Waals surface area contributed by atoms with Crippen LogP contribution in [0.15, 0.2) is 12.2 Å². The molecule has 0 saturated carbocycles. The van der Waals surface area contributed by atoms with Crippen LogP contribution >= 0.6 is 0 Å². The first-order valence-corrected chi connectivity index (χ1v) is 7.30. The Morgan fingerprint density at radius 3 is 2.95 bits per heavy atom. The van der Waals surface area contributed by atoms with E-state index in [1.165, 1.54) is 0 Å². The summed E-state index contributed by atoms with van der Waals surface area (Å²) in [6.45, 7) is 5.60. The van der Waals surface area contributed by atoms with Crippen molar-refractivity contribution in [2.24, 2.45) is 5.41 Å². The van der Waals surface area contributed by atoms with Gasteiger partial charge in [-0.2, -0.15) is 0 Å². The first kappa shape index (κ1) is 14.5. The van der Waals surface area contributed by atoms with Gasteiger partial charge in [-0.1, -0.05) is 19.1 Å². The molecule has 2 unspecified atom stereocenters. The van der Waals surface area contributed by atoms with Gasteiger partial charge in [0.2, 0.25) is 5.91 Å². The van der Waals surface area contributed by atoms with Crippen molar-refractivity contribution in [3.63, 3.8) is 0 Å². The Balaban J connectivity index is 1.93. The van der Waals surface area contributed by atoms with Gasteiger partial charge >= 0.3 is 0 Å². The van der Waals surface area contributed by atoms with E-state index >= 15 is 0 Å². The average Bonchev–Trinajstić information content (AvgIpc) is 2.35. The normalized spacial score (nSPS) is 35.8. The maximum Gasteiger partial charge on any atom is 0.236 e. The van der Waals surface area contributed by atoms with Crippen LogP contribution in [0.1, 0.15) is 32.6 Å². The van der Waals surface area contributed by atoms with Crippen LogP contribution < -0.4 is 0 Å². The van der Waals surface area contributed by atoms with Crippen LogP contribution in [0.5, 0.6) is 0 Å². The third-order valence-electron chi connectivity index (χ3n) is 4.46. The standard InChI is InChI=1S/C15H26N2O2/c1-15(7-4-3-5-13(18)6-8-15)12-17-10-9-16(2)14(19)11-17/h3,5,13,18H,4,6-12H2,1-2H3/b5-3-. The van der Waals surface area contributed by atoms with Gasteiger partial charge in [0.1, 0.15) is 0 Å². The zero-order valence-corrected chi connectivity index (χ0v) is 12.1. The van der Waals surface area contributed by atoms with E-state index in [9.17, 15) is 9.90 Å². The van der Waals surface area contributed by atoms with Gasteiger partial charge in [-0.05, 0) is 31.1 Å². The van der Waals surface area contributed by atoms with E-state index in [1.807, 2.05) is 18.0 Å². The molecule has 2 rings (SSSR count). The molecule has 2 aliphatic rings.